The number of ether oxygens (including phenoxy) is 1. The van der Waals surface area contributed by atoms with E-state index < -0.39 is 7.12 Å². The summed E-state index contributed by atoms with van der Waals surface area (Å²) in [7, 11) is 0.293. The molecule has 94 valence electrons. The molecule has 0 atom stereocenters. The van der Waals surface area contributed by atoms with Crippen LogP contribution in [-0.4, -0.2) is 26.9 Å². The molecule has 0 unspecified atom stereocenters. The Kier molecular flexibility index (Phi) is 3.69. The van der Waals surface area contributed by atoms with Crippen molar-refractivity contribution in [3.8, 4) is 5.75 Å². The molecule has 1 aromatic heterocycles. The van der Waals surface area contributed by atoms with Crippen LogP contribution in [0.25, 0.3) is 0 Å². The summed E-state index contributed by atoms with van der Waals surface area (Å²) in [5.41, 5.74) is 2.10. The smallest absolute Gasteiger partial charge is 0.488 e. The minimum Gasteiger partial charge on any atom is -0.488 e. The van der Waals surface area contributed by atoms with Gasteiger partial charge < -0.3 is 14.8 Å². The molecule has 0 fully saturated rings. The zero-order valence-electron chi connectivity index (χ0n) is 10.4. The van der Waals surface area contributed by atoms with Gasteiger partial charge in [-0.1, -0.05) is 17.7 Å². The summed E-state index contributed by atoms with van der Waals surface area (Å²) in [4.78, 5) is 0. The molecular weight excluding hydrogens is 231 g/mol. The van der Waals surface area contributed by atoms with Gasteiger partial charge in [0, 0.05) is 18.7 Å². The van der Waals surface area contributed by atoms with E-state index >= 15 is 0 Å². The molecule has 2 N–H and O–H groups in total. The van der Waals surface area contributed by atoms with E-state index in [2.05, 4.69) is 5.10 Å². The first-order valence-electron chi connectivity index (χ1n) is 5.64. The molecule has 0 aliphatic carbocycles. The number of hydrogen-bond acceptors (Lipinski definition) is 4. The third-order valence-corrected chi connectivity index (χ3v) is 2.59. The number of benzene rings is 1. The lowest BCUT2D eigenvalue weighted by molar-refractivity contribution is 0.300. The zero-order chi connectivity index (χ0) is 13.1. The Hall–Kier alpha value is -1.79. The number of hydrogen-bond donors (Lipinski definition) is 2. The number of aromatic nitrogens is 2. The number of nitrogens with zero attached hydrogens (tertiary/aromatic N) is 2. The summed E-state index contributed by atoms with van der Waals surface area (Å²) in [5, 5.41) is 22.8. The van der Waals surface area contributed by atoms with Gasteiger partial charge in [-0.3, -0.25) is 4.68 Å². The largest absolute Gasteiger partial charge is 0.492 e. The lowest BCUT2D eigenvalue weighted by Gasteiger charge is -2.10. The van der Waals surface area contributed by atoms with Gasteiger partial charge in [0.05, 0.1) is 5.69 Å². The molecular formula is C12H15BN2O3. The average molecular weight is 246 g/mol. The Morgan fingerprint density at radius 2 is 2.11 bits per heavy atom. The molecule has 0 bridgehead atoms. The summed E-state index contributed by atoms with van der Waals surface area (Å²) in [6.45, 7) is 2.18. The van der Waals surface area contributed by atoms with Crippen molar-refractivity contribution in [2.24, 2.45) is 7.05 Å². The topological polar surface area (TPSA) is 67.5 Å². The van der Waals surface area contributed by atoms with Gasteiger partial charge in [0.2, 0.25) is 0 Å². The van der Waals surface area contributed by atoms with Crippen molar-refractivity contribution < 1.29 is 14.8 Å². The first-order chi connectivity index (χ1) is 8.56. The SMILES string of the molecule is Cc1ccc(OCc2ccn(C)n2)c(B(O)O)c1. The summed E-state index contributed by atoms with van der Waals surface area (Å²) >= 11 is 0. The maximum absolute atomic E-state index is 9.29. The molecule has 0 amide bonds. The van der Waals surface area contributed by atoms with Crippen molar-refractivity contribution >= 4 is 12.6 Å². The Bertz CT molecular complexity index is 540. The molecule has 18 heavy (non-hydrogen) atoms. The highest BCUT2D eigenvalue weighted by Gasteiger charge is 2.17. The minimum atomic E-state index is -1.54. The summed E-state index contributed by atoms with van der Waals surface area (Å²) in [6, 6.07) is 7.13. The summed E-state index contributed by atoms with van der Waals surface area (Å²) < 4.78 is 7.25. The molecule has 0 saturated carbocycles. The lowest BCUT2D eigenvalue weighted by atomic mass is 9.79. The molecule has 0 saturated heterocycles. The van der Waals surface area contributed by atoms with Gasteiger partial charge in [-0.05, 0) is 19.1 Å². The zero-order valence-corrected chi connectivity index (χ0v) is 10.4. The number of rotatable bonds is 4. The van der Waals surface area contributed by atoms with Crippen LogP contribution in [-0.2, 0) is 13.7 Å². The third-order valence-electron chi connectivity index (χ3n) is 2.59. The second-order valence-corrected chi connectivity index (χ2v) is 4.18. The van der Waals surface area contributed by atoms with Crippen LogP contribution < -0.4 is 10.2 Å². The predicted octanol–water partition coefficient (Wildman–Crippen LogP) is -0.0127. The van der Waals surface area contributed by atoms with Crippen molar-refractivity contribution in [2.75, 3.05) is 0 Å². The number of aryl methyl sites for hydroxylation is 2. The fraction of sp³-hybridized carbons (Fsp3) is 0.250. The van der Waals surface area contributed by atoms with Crippen LogP contribution in [0.3, 0.4) is 0 Å². The third kappa shape index (κ3) is 2.91. The minimum absolute atomic E-state index is 0.295. The van der Waals surface area contributed by atoms with Crippen LogP contribution in [0.2, 0.25) is 0 Å². The highest BCUT2D eigenvalue weighted by molar-refractivity contribution is 6.59. The molecule has 6 heteroatoms. The Morgan fingerprint density at radius 1 is 1.33 bits per heavy atom. The Morgan fingerprint density at radius 3 is 2.72 bits per heavy atom. The quantitative estimate of drug-likeness (QED) is 0.744. The average Bonchev–Trinajstić information content (AvgIpc) is 2.73. The maximum Gasteiger partial charge on any atom is 0.492 e. The van der Waals surface area contributed by atoms with E-state index in [4.69, 9.17) is 4.74 Å². The van der Waals surface area contributed by atoms with Gasteiger partial charge in [-0.2, -0.15) is 5.10 Å². The normalized spacial score (nSPS) is 10.4. The van der Waals surface area contributed by atoms with E-state index in [0.29, 0.717) is 17.8 Å². The van der Waals surface area contributed by atoms with Crippen LogP contribution in [0, 0.1) is 6.92 Å². The second kappa shape index (κ2) is 5.24. The molecule has 1 heterocycles. The van der Waals surface area contributed by atoms with Crippen molar-refractivity contribution in [1.82, 2.24) is 9.78 Å². The fourth-order valence-corrected chi connectivity index (χ4v) is 1.69. The highest BCUT2D eigenvalue weighted by Crippen LogP contribution is 2.11. The monoisotopic (exact) mass is 246 g/mol. The first-order valence-corrected chi connectivity index (χ1v) is 5.64. The fourth-order valence-electron chi connectivity index (χ4n) is 1.69. The van der Waals surface area contributed by atoms with E-state index in [1.165, 1.54) is 0 Å². The van der Waals surface area contributed by atoms with Crippen LogP contribution >= 0.6 is 0 Å². The molecule has 0 spiro atoms. The highest BCUT2D eigenvalue weighted by atomic mass is 16.5. The van der Waals surface area contributed by atoms with Gasteiger partial charge >= 0.3 is 7.12 Å². The maximum atomic E-state index is 9.29. The second-order valence-electron chi connectivity index (χ2n) is 4.18. The van der Waals surface area contributed by atoms with Crippen LogP contribution in [0.1, 0.15) is 11.3 Å². The predicted molar refractivity (Wildman–Crippen MR) is 68.5 cm³/mol. The first kappa shape index (κ1) is 12.7. The summed E-state index contributed by atoms with van der Waals surface area (Å²) in [6.07, 6.45) is 1.83. The molecule has 2 aromatic rings. The van der Waals surface area contributed by atoms with Gasteiger partial charge in [-0.15, -0.1) is 0 Å². The molecule has 5 nitrogen and oxygen atoms in total. The summed E-state index contributed by atoms with van der Waals surface area (Å²) in [5.74, 6) is 0.459. The Labute approximate surface area is 106 Å². The van der Waals surface area contributed by atoms with Crippen LogP contribution in [0.4, 0.5) is 0 Å². The van der Waals surface area contributed by atoms with Crippen molar-refractivity contribution in [1.29, 1.82) is 0 Å². The van der Waals surface area contributed by atoms with E-state index in [1.807, 2.05) is 32.3 Å². The molecule has 0 aliphatic rings. The van der Waals surface area contributed by atoms with Crippen molar-refractivity contribution in [2.45, 2.75) is 13.5 Å². The van der Waals surface area contributed by atoms with Gasteiger partial charge in [0.1, 0.15) is 12.4 Å². The lowest BCUT2D eigenvalue weighted by Crippen LogP contribution is -2.31. The molecule has 0 radical (unpaired) electrons. The van der Waals surface area contributed by atoms with E-state index in [-0.39, 0.29) is 0 Å². The van der Waals surface area contributed by atoms with E-state index in [0.717, 1.165) is 11.3 Å². The molecule has 1 aromatic carbocycles. The van der Waals surface area contributed by atoms with E-state index in [9.17, 15) is 10.0 Å². The van der Waals surface area contributed by atoms with Crippen molar-refractivity contribution in [3.63, 3.8) is 0 Å². The van der Waals surface area contributed by atoms with Gasteiger partial charge in [0.15, 0.2) is 0 Å². The van der Waals surface area contributed by atoms with Gasteiger partial charge in [-0.25, -0.2) is 0 Å². The standard InChI is InChI=1S/C12H15BN2O3/c1-9-3-4-12(11(7-9)13(16)17)18-8-10-5-6-15(2)14-10/h3-7,16-17H,8H2,1-2H3. The van der Waals surface area contributed by atoms with Crippen molar-refractivity contribution in [3.05, 3.63) is 41.7 Å². The van der Waals surface area contributed by atoms with E-state index in [1.54, 1.807) is 16.8 Å². The Balaban J connectivity index is 2.13. The van der Waals surface area contributed by atoms with Crippen LogP contribution in [0.5, 0.6) is 5.75 Å². The molecule has 2 rings (SSSR count). The van der Waals surface area contributed by atoms with Gasteiger partial charge in [0.25, 0.3) is 0 Å². The molecule has 0 aliphatic heterocycles. The van der Waals surface area contributed by atoms with Crippen LogP contribution in [0.15, 0.2) is 30.5 Å².